The van der Waals surface area contributed by atoms with Gasteiger partial charge in [-0.25, -0.2) is 0 Å². The van der Waals surface area contributed by atoms with E-state index in [4.69, 9.17) is 0 Å². The summed E-state index contributed by atoms with van der Waals surface area (Å²) in [7, 11) is 0. The van der Waals surface area contributed by atoms with E-state index in [0.29, 0.717) is 5.69 Å². The van der Waals surface area contributed by atoms with E-state index in [2.05, 4.69) is 10.6 Å². The minimum Gasteiger partial charge on any atom is -0.360 e. The van der Waals surface area contributed by atoms with Crippen LogP contribution in [0.2, 0.25) is 0 Å². The third-order valence-electron chi connectivity index (χ3n) is 3.54. The van der Waals surface area contributed by atoms with E-state index in [1.807, 2.05) is 38.1 Å². The van der Waals surface area contributed by atoms with Crippen molar-refractivity contribution in [2.24, 2.45) is 0 Å². The molecule has 0 aromatic heterocycles. The molecule has 25 heavy (non-hydrogen) atoms. The number of nitriles is 1. The average Bonchev–Trinajstić information content (AvgIpc) is 2.58. The molecule has 126 valence electrons. The van der Waals surface area contributed by atoms with E-state index in [1.54, 1.807) is 0 Å². The zero-order chi connectivity index (χ0) is 18.4. The second-order valence-corrected chi connectivity index (χ2v) is 5.34. The molecule has 2 N–H and O–H groups in total. The van der Waals surface area contributed by atoms with Crippen LogP contribution in [0.3, 0.4) is 0 Å². The molecule has 0 saturated heterocycles. The highest BCUT2D eigenvalue weighted by Crippen LogP contribution is 2.20. The molecule has 0 fully saturated rings. The van der Waals surface area contributed by atoms with E-state index < -0.39 is 10.8 Å². The summed E-state index contributed by atoms with van der Waals surface area (Å²) in [5.41, 5.74) is 2.99. The lowest BCUT2D eigenvalue weighted by Crippen LogP contribution is -2.14. The number of hydrogen-bond acceptors (Lipinski definition) is 5. The number of non-ortho nitro benzene ring substituents is 1. The van der Waals surface area contributed by atoms with Crippen molar-refractivity contribution in [2.45, 2.75) is 13.8 Å². The van der Waals surface area contributed by atoms with Crippen LogP contribution in [0.25, 0.3) is 0 Å². The van der Waals surface area contributed by atoms with Gasteiger partial charge in [0.05, 0.1) is 4.92 Å². The molecule has 0 bridgehead atoms. The predicted octanol–water partition coefficient (Wildman–Crippen LogP) is 3.67. The molecule has 7 nitrogen and oxygen atoms in total. The molecule has 0 aliphatic heterocycles. The zero-order valence-electron chi connectivity index (χ0n) is 13.7. The Labute approximate surface area is 144 Å². The fraction of sp³-hybridized carbons (Fsp3) is 0.111. The molecular weight excluding hydrogens is 320 g/mol. The first-order valence-corrected chi connectivity index (χ1v) is 7.41. The Kier molecular flexibility index (Phi) is 5.48. The van der Waals surface area contributed by atoms with E-state index >= 15 is 0 Å². The Morgan fingerprint density at radius 1 is 1.16 bits per heavy atom. The number of carbonyl (C=O) groups excluding carboxylic acids is 1. The van der Waals surface area contributed by atoms with Gasteiger partial charge < -0.3 is 10.6 Å². The largest absolute Gasteiger partial charge is 0.360 e. The van der Waals surface area contributed by atoms with Crippen LogP contribution in [-0.2, 0) is 4.79 Å². The Hall–Kier alpha value is -3.66. The minimum atomic E-state index is -0.602. The van der Waals surface area contributed by atoms with Crippen molar-refractivity contribution in [1.82, 2.24) is 0 Å². The molecule has 0 heterocycles. The number of nitrogens with zero attached hydrogens (tertiary/aromatic N) is 2. The van der Waals surface area contributed by atoms with Gasteiger partial charge in [-0.15, -0.1) is 0 Å². The molecule has 1 amide bonds. The van der Waals surface area contributed by atoms with E-state index in [0.717, 1.165) is 16.8 Å². The summed E-state index contributed by atoms with van der Waals surface area (Å²) in [5, 5.41) is 25.3. The van der Waals surface area contributed by atoms with Gasteiger partial charge in [-0.05, 0) is 37.1 Å². The van der Waals surface area contributed by atoms with E-state index in [9.17, 15) is 20.2 Å². The molecule has 0 spiro atoms. The van der Waals surface area contributed by atoms with Gasteiger partial charge >= 0.3 is 0 Å². The highest BCUT2D eigenvalue weighted by molar-refractivity contribution is 6.06. The Morgan fingerprint density at radius 2 is 1.76 bits per heavy atom. The van der Waals surface area contributed by atoms with Crippen LogP contribution in [0.4, 0.5) is 17.1 Å². The van der Waals surface area contributed by atoms with Crippen LogP contribution in [0.5, 0.6) is 0 Å². The van der Waals surface area contributed by atoms with Crippen LogP contribution in [0.15, 0.2) is 54.2 Å². The summed E-state index contributed by atoms with van der Waals surface area (Å²) < 4.78 is 0. The van der Waals surface area contributed by atoms with Crippen molar-refractivity contribution in [3.63, 3.8) is 0 Å². The molecular formula is C18H16N4O3. The quantitative estimate of drug-likeness (QED) is 0.375. The van der Waals surface area contributed by atoms with Gasteiger partial charge in [0.1, 0.15) is 11.6 Å². The molecule has 0 aliphatic carbocycles. The van der Waals surface area contributed by atoms with Gasteiger partial charge in [-0.2, -0.15) is 5.26 Å². The van der Waals surface area contributed by atoms with Crippen LogP contribution in [0, 0.1) is 35.3 Å². The second kappa shape index (κ2) is 7.75. The van der Waals surface area contributed by atoms with Crippen molar-refractivity contribution < 1.29 is 9.72 Å². The summed E-state index contributed by atoms with van der Waals surface area (Å²) in [5.74, 6) is -0.602. The maximum Gasteiger partial charge on any atom is 0.269 e. The van der Waals surface area contributed by atoms with Gasteiger partial charge in [0.2, 0.25) is 0 Å². The summed E-state index contributed by atoms with van der Waals surface area (Å²) in [6.07, 6.45) is 1.34. The average molecular weight is 336 g/mol. The molecule has 0 saturated carbocycles. The Bertz CT molecular complexity index is 860. The minimum absolute atomic E-state index is 0.0780. The van der Waals surface area contributed by atoms with Gasteiger partial charge in [0.15, 0.2) is 0 Å². The molecule has 2 aromatic carbocycles. The van der Waals surface area contributed by atoms with Gasteiger partial charge in [-0.1, -0.05) is 18.2 Å². The number of rotatable bonds is 5. The van der Waals surface area contributed by atoms with Gasteiger partial charge in [-0.3, -0.25) is 14.9 Å². The molecule has 0 aliphatic rings. The first-order valence-electron chi connectivity index (χ1n) is 7.41. The summed E-state index contributed by atoms with van der Waals surface area (Å²) in [4.78, 5) is 22.3. The fourth-order valence-electron chi connectivity index (χ4n) is 2.20. The van der Waals surface area contributed by atoms with Crippen molar-refractivity contribution >= 4 is 23.0 Å². The van der Waals surface area contributed by atoms with E-state index in [-0.39, 0.29) is 11.3 Å². The third-order valence-corrected chi connectivity index (χ3v) is 3.54. The number of aryl methyl sites for hydroxylation is 2. The van der Waals surface area contributed by atoms with Crippen molar-refractivity contribution in [1.29, 1.82) is 5.26 Å². The maximum atomic E-state index is 12.2. The lowest BCUT2D eigenvalue weighted by molar-refractivity contribution is -0.384. The van der Waals surface area contributed by atoms with Gasteiger partial charge in [0, 0.05) is 29.7 Å². The first-order chi connectivity index (χ1) is 11.9. The fourth-order valence-corrected chi connectivity index (χ4v) is 2.20. The van der Waals surface area contributed by atoms with Crippen molar-refractivity contribution in [3.8, 4) is 6.07 Å². The lowest BCUT2D eigenvalue weighted by atomic mass is 10.1. The predicted molar refractivity (Wildman–Crippen MR) is 95.0 cm³/mol. The highest BCUT2D eigenvalue weighted by atomic mass is 16.6. The topological polar surface area (TPSA) is 108 Å². The number of para-hydroxylation sites is 1. The summed E-state index contributed by atoms with van der Waals surface area (Å²) in [6, 6.07) is 13.0. The molecule has 7 heteroatoms. The van der Waals surface area contributed by atoms with Crippen LogP contribution >= 0.6 is 0 Å². The Morgan fingerprint density at radius 3 is 2.28 bits per heavy atom. The second-order valence-electron chi connectivity index (χ2n) is 5.34. The first kappa shape index (κ1) is 17.7. The summed E-state index contributed by atoms with van der Waals surface area (Å²) >= 11 is 0. The number of nitro groups is 1. The van der Waals surface area contributed by atoms with Gasteiger partial charge in [0.25, 0.3) is 11.6 Å². The standard InChI is InChI=1S/C18H16N4O3/c1-12-4-3-5-13(2)17(12)20-11-14(10-19)18(23)21-15-6-8-16(9-7-15)22(24)25/h3-9,11,20H,1-2H3,(H,21,23)/b14-11-. The van der Waals surface area contributed by atoms with Crippen molar-refractivity contribution in [3.05, 3.63) is 75.5 Å². The number of nitrogens with one attached hydrogen (secondary N) is 2. The highest BCUT2D eigenvalue weighted by Gasteiger charge is 2.11. The summed E-state index contributed by atoms with van der Waals surface area (Å²) in [6.45, 7) is 3.85. The number of anilines is 2. The molecule has 0 atom stereocenters. The van der Waals surface area contributed by atoms with E-state index in [1.165, 1.54) is 30.5 Å². The van der Waals surface area contributed by atoms with Crippen LogP contribution < -0.4 is 10.6 Å². The van der Waals surface area contributed by atoms with Crippen LogP contribution in [0.1, 0.15) is 11.1 Å². The Balaban J connectivity index is 2.13. The van der Waals surface area contributed by atoms with Crippen LogP contribution in [-0.4, -0.2) is 10.8 Å². The zero-order valence-corrected chi connectivity index (χ0v) is 13.7. The van der Waals surface area contributed by atoms with Crippen molar-refractivity contribution in [2.75, 3.05) is 10.6 Å². The number of carbonyl (C=O) groups is 1. The lowest BCUT2D eigenvalue weighted by Gasteiger charge is -2.10. The molecule has 0 unspecified atom stereocenters. The number of benzene rings is 2. The normalized spacial score (nSPS) is 10.7. The number of hydrogen-bond donors (Lipinski definition) is 2. The maximum absolute atomic E-state index is 12.2. The number of nitro benzene ring substituents is 1. The third kappa shape index (κ3) is 4.42. The molecule has 0 radical (unpaired) electrons. The molecule has 2 aromatic rings. The molecule has 2 rings (SSSR count). The number of amides is 1. The smallest absolute Gasteiger partial charge is 0.269 e. The monoisotopic (exact) mass is 336 g/mol. The SMILES string of the molecule is Cc1cccc(C)c1N/C=C(/C#N)C(=O)Nc1ccc([N+](=O)[O-])cc1.